The number of aromatic amines is 1. The second-order valence-corrected chi connectivity index (χ2v) is 5.53. The van der Waals surface area contributed by atoms with Gasteiger partial charge in [0.05, 0.1) is 0 Å². The minimum absolute atomic E-state index is 0.115. The molecule has 1 saturated heterocycles. The number of aromatic nitrogens is 1. The number of carbonyl (C=O) groups excluding carboxylic acids is 2. The lowest BCUT2D eigenvalue weighted by atomic mass is 10.1. The average Bonchev–Trinajstić information content (AvgIpc) is 3.05. The van der Waals surface area contributed by atoms with Gasteiger partial charge >= 0.3 is 12.0 Å². The van der Waals surface area contributed by atoms with Crippen molar-refractivity contribution >= 4 is 28.8 Å². The van der Waals surface area contributed by atoms with Gasteiger partial charge in [0.25, 0.3) is 5.91 Å². The van der Waals surface area contributed by atoms with Crippen LogP contribution in [0, 0.1) is 0 Å². The van der Waals surface area contributed by atoms with E-state index in [9.17, 15) is 14.4 Å². The molecule has 2 aromatic rings. The van der Waals surface area contributed by atoms with Gasteiger partial charge < -0.3 is 15.4 Å². The standard InChI is InChI=1S/C16H17N3O4/c20-14(21)6-5-13-15(22)19(16(23)18-13)8-7-10-9-17-12-4-2-1-3-11(10)12/h1-4,9,13,17H,5-8H2,(H,18,23)(H,20,21). The van der Waals surface area contributed by atoms with E-state index in [1.165, 1.54) is 0 Å². The molecule has 1 aliphatic heterocycles. The Hall–Kier alpha value is -2.83. The number of fused-ring (bicyclic) bond motifs is 1. The van der Waals surface area contributed by atoms with Crippen molar-refractivity contribution in [3.05, 3.63) is 36.0 Å². The molecule has 0 aliphatic carbocycles. The number of hydrogen-bond acceptors (Lipinski definition) is 3. The number of carboxylic acid groups (broad SMARTS) is 1. The molecular weight excluding hydrogens is 298 g/mol. The van der Waals surface area contributed by atoms with Crippen molar-refractivity contribution in [1.82, 2.24) is 15.2 Å². The van der Waals surface area contributed by atoms with Gasteiger partial charge in [-0.15, -0.1) is 0 Å². The van der Waals surface area contributed by atoms with Crippen LogP contribution in [-0.4, -0.2) is 45.5 Å². The summed E-state index contributed by atoms with van der Waals surface area (Å²) < 4.78 is 0. The zero-order valence-electron chi connectivity index (χ0n) is 12.4. The molecule has 2 heterocycles. The Labute approximate surface area is 132 Å². The van der Waals surface area contributed by atoms with Gasteiger partial charge in [0.2, 0.25) is 0 Å². The van der Waals surface area contributed by atoms with Crippen LogP contribution < -0.4 is 5.32 Å². The van der Waals surface area contributed by atoms with Crippen LogP contribution >= 0.6 is 0 Å². The SMILES string of the molecule is O=C(O)CCC1NC(=O)N(CCc2c[nH]c3ccccc23)C1=O. The first kappa shape index (κ1) is 15.1. The van der Waals surface area contributed by atoms with Crippen LogP contribution in [0.5, 0.6) is 0 Å². The monoisotopic (exact) mass is 315 g/mol. The van der Waals surface area contributed by atoms with Gasteiger partial charge in [-0.05, 0) is 24.5 Å². The highest BCUT2D eigenvalue weighted by molar-refractivity contribution is 6.04. The van der Waals surface area contributed by atoms with Crippen molar-refractivity contribution in [1.29, 1.82) is 0 Å². The lowest BCUT2D eigenvalue weighted by Gasteiger charge is -2.12. The second-order valence-electron chi connectivity index (χ2n) is 5.53. The molecule has 1 fully saturated rings. The van der Waals surface area contributed by atoms with Crippen LogP contribution in [-0.2, 0) is 16.0 Å². The summed E-state index contributed by atoms with van der Waals surface area (Å²) in [4.78, 5) is 39.0. The lowest BCUT2D eigenvalue weighted by molar-refractivity contribution is -0.137. The molecule has 1 aliphatic rings. The molecule has 3 rings (SSSR count). The quantitative estimate of drug-likeness (QED) is 0.703. The summed E-state index contributed by atoms with van der Waals surface area (Å²) >= 11 is 0. The number of H-pyrrole nitrogens is 1. The molecule has 3 amide bonds. The lowest BCUT2D eigenvalue weighted by Crippen LogP contribution is -2.33. The van der Waals surface area contributed by atoms with E-state index in [0.717, 1.165) is 21.4 Å². The van der Waals surface area contributed by atoms with Gasteiger partial charge in [0, 0.05) is 30.1 Å². The summed E-state index contributed by atoms with van der Waals surface area (Å²) in [6, 6.07) is 6.64. The van der Waals surface area contributed by atoms with E-state index in [1.54, 1.807) is 0 Å². The fourth-order valence-corrected chi connectivity index (χ4v) is 2.82. The molecule has 3 N–H and O–H groups in total. The number of imide groups is 1. The molecule has 7 heteroatoms. The normalized spacial score (nSPS) is 17.7. The van der Waals surface area contributed by atoms with Gasteiger partial charge in [-0.2, -0.15) is 0 Å². The summed E-state index contributed by atoms with van der Waals surface area (Å²) in [6.07, 6.45) is 2.40. The number of hydrogen-bond donors (Lipinski definition) is 3. The molecule has 1 unspecified atom stereocenters. The molecule has 7 nitrogen and oxygen atoms in total. The number of para-hydroxylation sites is 1. The van der Waals surface area contributed by atoms with Crippen molar-refractivity contribution in [2.75, 3.05) is 6.54 Å². The third-order valence-corrected chi connectivity index (χ3v) is 4.03. The maximum absolute atomic E-state index is 12.2. The number of aliphatic carboxylic acids is 1. The Morgan fingerprint density at radius 2 is 2.04 bits per heavy atom. The van der Waals surface area contributed by atoms with Crippen molar-refractivity contribution in [3.63, 3.8) is 0 Å². The van der Waals surface area contributed by atoms with E-state index in [1.807, 2.05) is 30.5 Å². The Bertz CT molecular complexity index is 768. The molecule has 120 valence electrons. The number of urea groups is 1. The highest BCUT2D eigenvalue weighted by atomic mass is 16.4. The first-order chi connectivity index (χ1) is 11.1. The summed E-state index contributed by atoms with van der Waals surface area (Å²) in [7, 11) is 0. The summed E-state index contributed by atoms with van der Waals surface area (Å²) in [5, 5.41) is 12.3. The molecule has 0 radical (unpaired) electrons. The molecule has 1 aromatic carbocycles. The fraction of sp³-hybridized carbons (Fsp3) is 0.312. The zero-order valence-corrected chi connectivity index (χ0v) is 12.4. The molecule has 23 heavy (non-hydrogen) atoms. The van der Waals surface area contributed by atoms with Crippen LogP contribution in [0.2, 0.25) is 0 Å². The maximum atomic E-state index is 12.2. The summed E-state index contributed by atoms with van der Waals surface area (Å²) in [5.74, 6) is -1.33. The minimum atomic E-state index is -0.982. The van der Waals surface area contributed by atoms with Crippen molar-refractivity contribution < 1.29 is 19.5 Å². The molecular formula is C16H17N3O4. The average molecular weight is 315 g/mol. The van der Waals surface area contributed by atoms with Crippen molar-refractivity contribution in [3.8, 4) is 0 Å². The fourth-order valence-electron chi connectivity index (χ4n) is 2.82. The first-order valence-electron chi connectivity index (χ1n) is 7.45. The van der Waals surface area contributed by atoms with Crippen LogP contribution in [0.1, 0.15) is 18.4 Å². The zero-order chi connectivity index (χ0) is 16.4. The Morgan fingerprint density at radius 1 is 1.26 bits per heavy atom. The Morgan fingerprint density at radius 3 is 2.83 bits per heavy atom. The predicted octanol–water partition coefficient (Wildman–Crippen LogP) is 1.50. The van der Waals surface area contributed by atoms with Gasteiger partial charge in [0.1, 0.15) is 6.04 Å². The van der Waals surface area contributed by atoms with E-state index in [4.69, 9.17) is 5.11 Å². The number of nitrogens with zero attached hydrogens (tertiary/aromatic N) is 1. The van der Waals surface area contributed by atoms with E-state index >= 15 is 0 Å². The summed E-state index contributed by atoms with van der Waals surface area (Å²) in [6.45, 7) is 0.274. The predicted molar refractivity (Wildman–Crippen MR) is 82.9 cm³/mol. The van der Waals surface area contributed by atoms with E-state index in [-0.39, 0.29) is 25.3 Å². The highest BCUT2D eigenvalue weighted by Gasteiger charge is 2.37. The third-order valence-electron chi connectivity index (χ3n) is 4.03. The van der Waals surface area contributed by atoms with Crippen LogP contribution in [0.15, 0.2) is 30.5 Å². The Kier molecular flexibility index (Phi) is 4.01. The molecule has 0 bridgehead atoms. The number of amides is 3. The smallest absolute Gasteiger partial charge is 0.324 e. The van der Waals surface area contributed by atoms with Crippen molar-refractivity contribution in [2.24, 2.45) is 0 Å². The van der Waals surface area contributed by atoms with E-state index in [2.05, 4.69) is 10.3 Å². The topological polar surface area (TPSA) is 102 Å². The van der Waals surface area contributed by atoms with E-state index < -0.39 is 18.0 Å². The third kappa shape index (κ3) is 3.03. The molecule has 0 saturated carbocycles. The second kappa shape index (κ2) is 6.12. The van der Waals surface area contributed by atoms with Gasteiger partial charge in [-0.25, -0.2) is 4.79 Å². The van der Waals surface area contributed by atoms with Crippen LogP contribution in [0.3, 0.4) is 0 Å². The minimum Gasteiger partial charge on any atom is -0.481 e. The molecule has 1 atom stereocenters. The highest BCUT2D eigenvalue weighted by Crippen LogP contribution is 2.19. The van der Waals surface area contributed by atoms with Gasteiger partial charge in [-0.3, -0.25) is 14.5 Å². The molecule has 1 aromatic heterocycles. The molecule has 0 spiro atoms. The van der Waals surface area contributed by atoms with Crippen LogP contribution in [0.4, 0.5) is 4.79 Å². The summed E-state index contributed by atoms with van der Waals surface area (Å²) in [5.41, 5.74) is 2.05. The number of carboxylic acids is 1. The first-order valence-corrected chi connectivity index (χ1v) is 7.45. The maximum Gasteiger partial charge on any atom is 0.324 e. The Balaban J connectivity index is 1.65. The van der Waals surface area contributed by atoms with Crippen LogP contribution in [0.25, 0.3) is 10.9 Å². The van der Waals surface area contributed by atoms with Gasteiger partial charge in [-0.1, -0.05) is 18.2 Å². The number of benzene rings is 1. The van der Waals surface area contributed by atoms with E-state index in [0.29, 0.717) is 6.42 Å². The number of nitrogens with one attached hydrogen (secondary N) is 2. The van der Waals surface area contributed by atoms with Crippen molar-refractivity contribution in [2.45, 2.75) is 25.3 Å². The van der Waals surface area contributed by atoms with Gasteiger partial charge in [0.15, 0.2) is 0 Å². The number of carbonyl (C=O) groups is 3. The number of rotatable bonds is 6. The largest absolute Gasteiger partial charge is 0.481 e.